The summed E-state index contributed by atoms with van der Waals surface area (Å²) in [7, 11) is 3.70. The van der Waals surface area contributed by atoms with Crippen LogP contribution in [-0.2, 0) is 17.6 Å². The number of fused-ring (bicyclic) bond motifs is 3. The standard InChI is InChI=1S/C18H22N2O3/c1-4-6-11-7-5-8-12-13(11)9-14-15(10-19(2)3)17(21)20(16(12)14)18(22)23/h5,7-8,10,14,16H,4,6,9H2,1-3H3,(H,22,23). The fraction of sp³-hybridized carbons (Fsp3) is 0.444. The summed E-state index contributed by atoms with van der Waals surface area (Å²) in [6.07, 6.45) is 3.38. The van der Waals surface area contributed by atoms with Crippen molar-refractivity contribution in [3.63, 3.8) is 0 Å². The number of rotatable bonds is 3. The van der Waals surface area contributed by atoms with Crippen LogP contribution < -0.4 is 0 Å². The third-order valence-electron chi connectivity index (χ3n) is 4.70. The Morgan fingerprint density at radius 2 is 2.17 bits per heavy atom. The van der Waals surface area contributed by atoms with E-state index in [0.29, 0.717) is 5.57 Å². The quantitative estimate of drug-likeness (QED) is 0.872. The van der Waals surface area contributed by atoms with E-state index in [1.165, 1.54) is 11.1 Å². The Labute approximate surface area is 136 Å². The molecule has 1 aromatic rings. The molecule has 1 fully saturated rings. The van der Waals surface area contributed by atoms with Crippen LogP contribution in [0.2, 0.25) is 0 Å². The number of imide groups is 1. The van der Waals surface area contributed by atoms with Crippen LogP contribution in [-0.4, -0.2) is 41.0 Å². The minimum Gasteiger partial charge on any atom is -0.465 e. The number of nitrogens with zero attached hydrogens (tertiary/aromatic N) is 2. The van der Waals surface area contributed by atoms with Crippen LogP contribution >= 0.6 is 0 Å². The van der Waals surface area contributed by atoms with Gasteiger partial charge in [-0.25, -0.2) is 9.69 Å². The first kappa shape index (κ1) is 15.6. The molecule has 2 amide bonds. The van der Waals surface area contributed by atoms with Crippen molar-refractivity contribution in [2.45, 2.75) is 32.2 Å². The summed E-state index contributed by atoms with van der Waals surface area (Å²) in [4.78, 5) is 27.1. The van der Waals surface area contributed by atoms with Gasteiger partial charge in [0, 0.05) is 31.8 Å². The lowest BCUT2D eigenvalue weighted by Crippen LogP contribution is -2.33. The Morgan fingerprint density at radius 3 is 2.78 bits per heavy atom. The molecule has 0 aromatic heterocycles. The zero-order chi connectivity index (χ0) is 16.7. The molecular formula is C18H22N2O3. The number of amides is 2. The van der Waals surface area contributed by atoms with E-state index in [9.17, 15) is 14.7 Å². The van der Waals surface area contributed by atoms with E-state index >= 15 is 0 Å². The molecule has 0 radical (unpaired) electrons. The highest BCUT2D eigenvalue weighted by atomic mass is 16.4. The fourth-order valence-electron chi connectivity index (χ4n) is 3.89. The van der Waals surface area contributed by atoms with Gasteiger partial charge in [0.2, 0.25) is 0 Å². The summed E-state index contributed by atoms with van der Waals surface area (Å²) in [5.74, 6) is -0.457. The number of benzene rings is 1. The number of carboxylic acid groups (broad SMARTS) is 1. The van der Waals surface area contributed by atoms with E-state index in [-0.39, 0.29) is 17.9 Å². The molecule has 0 spiro atoms. The molecule has 1 heterocycles. The summed E-state index contributed by atoms with van der Waals surface area (Å²) in [5.41, 5.74) is 4.11. The van der Waals surface area contributed by atoms with Crippen LogP contribution in [0.4, 0.5) is 4.79 Å². The molecular weight excluding hydrogens is 292 g/mol. The summed E-state index contributed by atoms with van der Waals surface area (Å²) in [6.45, 7) is 2.14. The van der Waals surface area contributed by atoms with Gasteiger partial charge < -0.3 is 10.0 Å². The Balaban J connectivity index is 2.11. The second-order valence-electron chi connectivity index (χ2n) is 6.50. The van der Waals surface area contributed by atoms with Gasteiger partial charge in [0.15, 0.2) is 0 Å². The maximum absolute atomic E-state index is 12.6. The number of aryl methyl sites for hydroxylation is 1. The molecule has 1 saturated heterocycles. The topological polar surface area (TPSA) is 60.9 Å². The van der Waals surface area contributed by atoms with Crippen molar-refractivity contribution in [3.05, 3.63) is 46.7 Å². The SMILES string of the molecule is CCCc1cccc2c1CC1C(=CN(C)C)C(=O)N(C(=O)O)C21. The predicted molar refractivity (Wildman–Crippen MR) is 87.0 cm³/mol. The highest BCUT2D eigenvalue weighted by Gasteiger charge is 2.52. The number of carbonyl (C=O) groups is 2. The Hall–Kier alpha value is -2.30. The van der Waals surface area contributed by atoms with Crippen LogP contribution in [0, 0.1) is 5.92 Å². The van der Waals surface area contributed by atoms with E-state index in [0.717, 1.165) is 29.7 Å². The maximum Gasteiger partial charge on any atom is 0.414 e. The molecule has 23 heavy (non-hydrogen) atoms. The minimum atomic E-state index is -1.17. The van der Waals surface area contributed by atoms with E-state index in [2.05, 4.69) is 13.0 Å². The van der Waals surface area contributed by atoms with E-state index < -0.39 is 6.09 Å². The second kappa shape index (κ2) is 5.72. The van der Waals surface area contributed by atoms with E-state index in [1.54, 1.807) is 6.20 Å². The van der Waals surface area contributed by atoms with Gasteiger partial charge >= 0.3 is 6.09 Å². The molecule has 2 atom stereocenters. The number of carbonyl (C=O) groups excluding carboxylic acids is 1. The molecule has 1 aliphatic heterocycles. The normalized spacial score (nSPS) is 24.0. The highest BCUT2D eigenvalue weighted by molar-refractivity contribution is 6.05. The number of likely N-dealkylation sites (tertiary alicyclic amines) is 1. The van der Waals surface area contributed by atoms with Crippen LogP contribution in [0.1, 0.15) is 36.1 Å². The molecule has 2 unspecified atom stereocenters. The summed E-state index contributed by atoms with van der Waals surface area (Å²) < 4.78 is 0. The van der Waals surface area contributed by atoms with Crippen molar-refractivity contribution in [2.75, 3.05) is 14.1 Å². The molecule has 0 saturated carbocycles. The average molecular weight is 314 g/mol. The third kappa shape index (κ3) is 2.40. The molecule has 1 aliphatic carbocycles. The number of hydrogen-bond acceptors (Lipinski definition) is 3. The predicted octanol–water partition coefficient (Wildman–Crippen LogP) is 2.82. The smallest absolute Gasteiger partial charge is 0.414 e. The molecule has 0 bridgehead atoms. The summed E-state index contributed by atoms with van der Waals surface area (Å²) in [5, 5.41) is 9.55. The van der Waals surface area contributed by atoms with Gasteiger partial charge in [-0.3, -0.25) is 4.79 Å². The van der Waals surface area contributed by atoms with Gasteiger partial charge in [-0.2, -0.15) is 0 Å². The lowest BCUT2D eigenvalue weighted by atomic mass is 9.96. The Morgan fingerprint density at radius 1 is 1.43 bits per heavy atom. The molecule has 5 nitrogen and oxygen atoms in total. The summed E-state index contributed by atoms with van der Waals surface area (Å²) in [6, 6.07) is 5.69. The molecule has 3 rings (SSSR count). The monoisotopic (exact) mass is 314 g/mol. The zero-order valence-corrected chi connectivity index (χ0v) is 13.7. The highest BCUT2D eigenvalue weighted by Crippen LogP contribution is 2.50. The minimum absolute atomic E-state index is 0.0750. The first-order valence-corrected chi connectivity index (χ1v) is 8.01. The van der Waals surface area contributed by atoms with Crippen LogP contribution in [0.15, 0.2) is 30.0 Å². The van der Waals surface area contributed by atoms with Crippen molar-refractivity contribution >= 4 is 12.0 Å². The van der Waals surface area contributed by atoms with Crippen molar-refractivity contribution in [3.8, 4) is 0 Å². The second-order valence-corrected chi connectivity index (χ2v) is 6.50. The van der Waals surface area contributed by atoms with Crippen LogP contribution in [0.3, 0.4) is 0 Å². The molecule has 122 valence electrons. The fourth-order valence-corrected chi connectivity index (χ4v) is 3.89. The van der Waals surface area contributed by atoms with Gasteiger partial charge in [0.25, 0.3) is 5.91 Å². The van der Waals surface area contributed by atoms with Gasteiger partial charge in [0.05, 0.1) is 6.04 Å². The number of hydrogen-bond donors (Lipinski definition) is 1. The Bertz CT molecular complexity index is 694. The molecule has 1 aromatic carbocycles. The van der Waals surface area contributed by atoms with Gasteiger partial charge in [-0.05, 0) is 29.5 Å². The van der Waals surface area contributed by atoms with Gasteiger partial charge in [0.1, 0.15) is 0 Å². The zero-order valence-electron chi connectivity index (χ0n) is 13.7. The largest absolute Gasteiger partial charge is 0.465 e. The summed E-state index contributed by atoms with van der Waals surface area (Å²) >= 11 is 0. The van der Waals surface area contributed by atoms with E-state index in [4.69, 9.17) is 0 Å². The van der Waals surface area contributed by atoms with Gasteiger partial charge in [-0.1, -0.05) is 31.5 Å². The lowest BCUT2D eigenvalue weighted by Gasteiger charge is -2.19. The average Bonchev–Trinajstić information content (AvgIpc) is 2.96. The van der Waals surface area contributed by atoms with Crippen molar-refractivity contribution in [1.82, 2.24) is 9.80 Å². The molecule has 2 aliphatic rings. The van der Waals surface area contributed by atoms with E-state index in [1.807, 2.05) is 31.1 Å². The van der Waals surface area contributed by atoms with Crippen LogP contribution in [0.5, 0.6) is 0 Å². The van der Waals surface area contributed by atoms with Crippen LogP contribution in [0.25, 0.3) is 0 Å². The van der Waals surface area contributed by atoms with Crippen molar-refractivity contribution in [1.29, 1.82) is 0 Å². The molecule has 1 N–H and O–H groups in total. The van der Waals surface area contributed by atoms with Gasteiger partial charge in [-0.15, -0.1) is 0 Å². The third-order valence-corrected chi connectivity index (χ3v) is 4.70. The van der Waals surface area contributed by atoms with Crippen molar-refractivity contribution < 1.29 is 14.7 Å². The lowest BCUT2D eigenvalue weighted by molar-refractivity contribution is -0.124. The maximum atomic E-state index is 12.6. The first-order chi connectivity index (χ1) is 11.0. The molecule has 5 heteroatoms. The van der Waals surface area contributed by atoms with Crippen molar-refractivity contribution in [2.24, 2.45) is 5.92 Å². The Kier molecular flexibility index (Phi) is 3.88. The first-order valence-electron chi connectivity index (χ1n) is 8.01.